The van der Waals surface area contributed by atoms with Gasteiger partial charge < -0.3 is 9.64 Å². The van der Waals surface area contributed by atoms with Crippen molar-refractivity contribution < 1.29 is 14.3 Å². The van der Waals surface area contributed by atoms with Gasteiger partial charge in [-0.1, -0.05) is 35.1 Å². The first-order valence-electron chi connectivity index (χ1n) is 7.92. The van der Waals surface area contributed by atoms with Crippen molar-refractivity contribution in [2.45, 2.75) is 13.0 Å². The highest BCUT2D eigenvalue weighted by molar-refractivity contribution is 7.22. The van der Waals surface area contributed by atoms with Gasteiger partial charge in [-0.15, -0.1) is 0 Å². The molecule has 0 fully saturated rings. The number of hydrogen-bond acceptors (Lipinski definition) is 5. The van der Waals surface area contributed by atoms with E-state index in [0.717, 1.165) is 10.2 Å². The number of carbonyl (C=O) groups is 2. The number of halogens is 1. The van der Waals surface area contributed by atoms with Crippen LogP contribution in [0.1, 0.15) is 6.92 Å². The molecule has 0 aliphatic carbocycles. The minimum absolute atomic E-state index is 0.145. The van der Waals surface area contributed by atoms with E-state index in [1.807, 2.05) is 6.07 Å². The fraction of sp³-hybridized carbons (Fsp3) is 0.167. The Balaban J connectivity index is 1.57. The van der Waals surface area contributed by atoms with Crippen LogP contribution in [0.3, 0.4) is 0 Å². The Hall–Kier alpha value is -2.64. The average Bonchev–Trinajstić information content (AvgIpc) is 3.01. The van der Waals surface area contributed by atoms with Crippen LogP contribution in [-0.4, -0.2) is 29.4 Å². The van der Waals surface area contributed by atoms with Crippen molar-refractivity contribution in [2.75, 3.05) is 16.8 Å². The van der Waals surface area contributed by atoms with Gasteiger partial charge in [-0.05, 0) is 30.3 Å². The highest BCUT2D eigenvalue weighted by atomic mass is 35.5. The molecule has 1 atom stereocenters. The smallest absolute Gasteiger partial charge is 0.269 e. The molecule has 0 bridgehead atoms. The number of hydrogen-bond donors (Lipinski definition) is 1. The summed E-state index contributed by atoms with van der Waals surface area (Å²) >= 11 is 7.32. The maximum atomic E-state index is 12.7. The summed E-state index contributed by atoms with van der Waals surface area (Å²) in [7, 11) is 0. The lowest BCUT2D eigenvalue weighted by Gasteiger charge is -2.33. The summed E-state index contributed by atoms with van der Waals surface area (Å²) in [6.07, 6.45) is -0.815. The third kappa shape index (κ3) is 3.11. The Morgan fingerprint density at radius 3 is 2.92 bits per heavy atom. The second-order valence-corrected chi connectivity index (χ2v) is 7.29. The van der Waals surface area contributed by atoms with Crippen molar-refractivity contribution in [3.8, 4) is 5.75 Å². The molecular weight excluding hydrogens is 374 g/mol. The number of thiazole rings is 1. The quantitative estimate of drug-likeness (QED) is 0.727. The molecule has 1 unspecified atom stereocenters. The zero-order valence-corrected chi connectivity index (χ0v) is 15.3. The molecule has 1 aliphatic rings. The highest BCUT2D eigenvalue weighted by Crippen LogP contribution is 2.34. The molecule has 0 saturated carbocycles. The molecule has 1 N–H and O–H groups in total. The Labute approximate surface area is 158 Å². The molecule has 26 heavy (non-hydrogen) atoms. The van der Waals surface area contributed by atoms with Gasteiger partial charge >= 0.3 is 0 Å². The lowest BCUT2D eigenvalue weighted by molar-refractivity contribution is -0.123. The summed E-state index contributed by atoms with van der Waals surface area (Å²) in [5.41, 5.74) is 1.42. The molecule has 3 aromatic rings. The van der Waals surface area contributed by atoms with Gasteiger partial charge in [-0.3, -0.25) is 14.9 Å². The van der Waals surface area contributed by atoms with Crippen LogP contribution < -0.4 is 15.0 Å². The molecule has 0 radical (unpaired) electrons. The molecule has 6 nitrogen and oxygen atoms in total. The number of aromatic nitrogens is 1. The SMILES string of the molecule is CC(=O)N1CC(C(=O)Nc2nc3ccc(Cl)cc3s2)Oc2ccccc21. The first-order chi connectivity index (χ1) is 12.5. The molecule has 0 saturated heterocycles. The Bertz CT molecular complexity index is 1020. The van der Waals surface area contributed by atoms with E-state index in [0.29, 0.717) is 21.6 Å². The van der Waals surface area contributed by atoms with E-state index in [2.05, 4.69) is 10.3 Å². The molecule has 2 amide bonds. The van der Waals surface area contributed by atoms with Gasteiger partial charge in [0.15, 0.2) is 11.2 Å². The van der Waals surface area contributed by atoms with Crippen LogP contribution in [0.15, 0.2) is 42.5 Å². The van der Waals surface area contributed by atoms with Gasteiger partial charge in [-0.2, -0.15) is 0 Å². The molecular formula is C18H14ClN3O3S. The zero-order valence-electron chi connectivity index (χ0n) is 13.7. The maximum Gasteiger partial charge on any atom is 0.269 e. The number of ether oxygens (including phenoxy) is 1. The summed E-state index contributed by atoms with van der Waals surface area (Å²) in [5, 5.41) is 3.85. The molecule has 0 spiro atoms. The third-order valence-corrected chi connectivity index (χ3v) is 5.20. The van der Waals surface area contributed by atoms with Gasteiger partial charge in [0.2, 0.25) is 5.91 Å². The summed E-state index contributed by atoms with van der Waals surface area (Å²) < 4.78 is 6.67. The highest BCUT2D eigenvalue weighted by Gasteiger charge is 2.32. The second kappa shape index (κ2) is 6.59. The minimum Gasteiger partial charge on any atom is -0.476 e. The summed E-state index contributed by atoms with van der Waals surface area (Å²) in [6, 6.07) is 12.5. The van der Waals surface area contributed by atoms with Crippen LogP contribution >= 0.6 is 22.9 Å². The summed E-state index contributed by atoms with van der Waals surface area (Å²) in [6.45, 7) is 1.61. The number of benzene rings is 2. The average molecular weight is 388 g/mol. The van der Waals surface area contributed by atoms with Crippen molar-refractivity contribution >= 4 is 55.8 Å². The van der Waals surface area contributed by atoms with E-state index < -0.39 is 6.10 Å². The van der Waals surface area contributed by atoms with E-state index in [1.165, 1.54) is 18.3 Å². The lowest BCUT2D eigenvalue weighted by Crippen LogP contribution is -2.48. The number of amides is 2. The number of carbonyl (C=O) groups excluding carboxylic acids is 2. The van der Waals surface area contributed by atoms with Crippen LogP contribution in [0, 0.1) is 0 Å². The molecule has 4 rings (SSSR count). The lowest BCUT2D eigenvalue weighted by atomic mass is 10.2. The van der Waals surface area contributed by atoms with Gasteiger partial charge in [-0.25, -0.2) is 4.98 Å². The van der Waals surface area contributed by atoms with E-state index in [9.17, 15) is 9.59 Å². The Kier molecular flexibility index (Phi) is 4.26. The predicted octanol–water partition coefficient (Wildman–Crippen LogP) is 3.70. The normalized spacial score (nSPS) is 16.1. The van der Waals surface area contributed by atoms with Gasteiger partial charge in [0.25, 0.3) is 5.91 Å². The number of anilines is 2. The first kappa shape index (κ1) is 16.8. The maximum absolute atomic E-state index is 12.7. The predicted molar refractivity (Wildman–Crippen MR) is 102 cm³/mol. The van der Waals surface area contributed by atoms with Crippen LogP contribution in [0.2, 0.25) is 5.02 Å². The fourth-order valence-electron chi connectivity index (χ4n) is 2.81. The topological polar surface area (TPSA) is 71.5 Å². The molecule has 8 heteroatoms. The monoisotopic (exact) mass is 387 g/mol. The van der Waals surface area contributed by atoms with E-state index in [4.69, 9.17) is 16.3 Å². The van der Waals surface area contributed by atoms with Crippen molar-refractivity contribution in [3.63, 3.8) is 0 Å². The van der Waals surface area contributed by atoms with E-state index in [1.54, 1.807) is 41.3 Å². The summed E-state index contributed by atoms with van der Waals surface area (Å²) in [4.78, 5) is 30.5. The van der Waals surface area contributed by atoms with Gasteiger partial charge in [0, 0.05) is 11.9 Å². The van der Waals surface area contributed by atoms with Crippen molar-refractivity contribution in [1.82, 2.24) is 4.98 Å². The molecule has 1 aliphatic heterocycles. The van der Waals surface area contributed by atoms with E-state index >= 15 is 0 Å². The molecule has 1 aromatic heterocycles. The fourth-order valence-corrected chi connectivity index (χ4v) is 3.95. The number of nitrogens with zero attached hydrogens (tertiary/aromatic N) is 2. The Morgan fingerprint density at radius 2 is 2.12 bits per heavy atom. The number of nitrogens with one attached hydrogen (secondary N) is 1. The largest absolute Gasteiger partial charge is 0.476 e. The van der Waals surface area contributed by atoms with Crippen LogP contribution in [0.5, 0.6) is 5.75 Å². The minimum atomic E-state index is -0.815. The van der Waals surface area contributed by atoms with Crippen LogP contribution in [0.25, 0.3) is 10.2 Å². The van der Waals surface area contributed by atoms with E-state index in [-0.39, 0.29) is 18.4 Å². The van der Waals surface area contributed by atoms with Crippen LogP contribution in [-0.2, 0) is 9.59 Å². The number of para-hydroxylation sites is 2. The Morgan fingerprint density at radius 1 is 1.31 bits per heavy atom. The number of fused-ring (bicyclic) bond motifs is 2. The van der Waals surface area contributed by atoms with Crippen molar-refractivity contribution in [3.05, 3.63) is 47.5 Å². The third-order valence-electron chi connectivity index (χ3n) is 4.03. The standard InChI is InChI=1S/C18H14ClN3O3S/c1-10(23)22-9-15(25-14-5-3-2-4-13(14)22)17(24)21-18-20-12-7-6-11(19)8-16(12)26-18/h2-8,15H,9H2,1H3,(H,20,21,24). The van der Waals surface area contributed by atoms with Crippen molar-refractivity contribution in [2.24, 2.45) is 0 Å². The zero-order chi connectivity index (χ0) is 18.3. The molecule has 2 heterocycles. The first-order valence-corrected chi connectivity index (χ1v) is 9.11. The van der Waals surface area contributed by atoms with Gasteiger partial charge in [0.1, 0.15) is 5.75 Å². The summed E-state index contributed by atoms with van der Waals surface area (Å²) in [5.74, 6) is 0.00858. The van der Waals surface area contributed by atoms with Crippen molar-refractivity contribution in [1.29, 1.82) is 0 Å². The van der Waals surface area contributed by atoms with Gasteiger partial charge in [0.05, 0.1) is 22.4 Å². The second-order valence-electron chi connectivity index (χ2n) is 5.82. The number of rotatable bonds is 2. The van der Waals surface area contributed by atoms with Crippen LogP contribution in [0.4, 0.5) is 10.8 Å². The molecule has 2 aromatic carbocycles. The molecule has 132 valence electrons.